The van der Waals surface area contributed by atoms with Crippen molar-refractivity contribution in [3.05, 3.63) is 60.2 Å². The van der Waals surface area contributed by atoms with Gasteiger partial charge in [-0.25, -0.2) is 0 Å². The third kappa shape index (κ3) is 4.13. The first-order valence-electron chi connectivity index (χ1n) is 6.80. The number of carbonyl (C=O) groups is 1. The molecule has 0 amide bonds. The molecule has 0 aliphatic heterocycles. The van der Waals surface area contributed by atoms with Crippen LogP contribution in [0.2, 0.25) is 0 Å². The van der Waals surface area contributed by atoms with Gasteiger partial charge < -0.3 is 10.4 Å². The molecule has 2 rings (SSSR count). The number of hydrogen-bond donors (Lipinski definition) is 2. The van der Waals surface area contributed by atoms with Crippen molar-refractivity contribution in [2.45, 2.75) is 13.0 Å². The number of hydrogen-bond acceptors (Lipinski definition) is 4. The van der Waals surface area contributed by atoms with E-state index in [2.05, 4.69) is 12.6 Å². The molecule has 0 saturated carbocycles. The van der Waals surface area contributed by atoms with Crippen LogP contribution < -0.4 is 16.7 Å². The highest BCUT2D eigenvalue weighted by atomic mass is 32.1. The van der Waals surface area contributed by atoms with Crippen LogP contribution in [0.1, 0.15) is 5.56 Å². The lowest BCUT2D eigenvalue weighted by molar-refractivity contribution is -0.135. The summed E-state index contributed by atoms with van der Waals surface area (Å²) < 4.78 is 5.60. The maximum Gasteiger partial charge on any atom is 0.429 e. The predicted octanol–water partition coefficient (Wildman–Crippen LogP) is 0.901. The van der Waals surface area contributed by atoms with Gasteiger partial charge in [-0.1, -0.05) is 60.2 Å². The lowest BCUT2D eigenvalue weighted by Crippen LogP contribution is -2.49. The van der Waals surface area contributed by atoms with E-state index in [-0.39, 0.29) is 5.75 Å². The van der Waals surface area contributed by atoms with Gasteiger partial charge in [-0.15, -0.1) is 0 Å². The van der Waals surface area contributed by atoms with E-state index in [0.29, 0.717) is 0 Å². The Morgan fingerprint density at radius 2 is 1.71 bits per heavy atom. The van der Waals surface area contributed by atoms with Gasteiger partial charge in [-0.2, -0.15) is 12.6 Å². The zero-order valence-corrected chi connectivity index (χ0v) is 12.8. The van der Waals surface area contributed by atoms with Crippen molar-refractivity contribution in [2.24, 2.45) is 5.73 Å². The Kier molecular flexibility index (Phi) is 5.48. The highest BCUT2D eigenvalue weighted by molar-refractivity contribution is 7.80. The Hall–Kier alpha value is -1.72. The smallest absolute Gasteiger partial charge is 0.429 e. The van der Waals surface area contributed by atoms with E-state index >= 15 is 0 Å². The first-order valence-corrected chi connectivity index (χ1v) is 7.43. The quantitative estimate of drug-likeness (QED) is 0.637. The van der Waals surface area contributed by atoms with Crippen molar-refractivity contribution in [2.75, 3.05) is 5.75 Å². The molecule has 0 spiro atoms. The molecule has 0 aliphatic carbocycles. The van der Waals surface area contributed by atoms with E-state index in [9.17, 15) is 4.79 Å². The Labute approximate surface area is 131 Å². The predicted molar refractivity (Wildman–Crippen MR) is 90.6 cm³/mol. The van der Waals surface area contributed by atoms with Crippen molar-refractivity contribution in [1.29, 1.82) is 0 Å². The van der Waals surface area contributed by atoms with E-state index in [4.69, 9.17) is 10.4 Å². The van der Waals surface area contributed by atoms with E-state index in [1.807, 2.05) is 61.5 Å². The van der Waals surface area contributed by atoms with Crippen LogP contribution in [0, 0.1) is 6.92 Å². The molecule has 0 saturated heterocycles. The molecule has 0 bridgehead atoms. The van der Waals surface area contributed by atoms with Gasteiger partial charge in [0.15, 0.2) is 0 Å². The van der Waals surface area contributed by atoms with Crippen LogP contribution >= 0.6 is 12.6 Å². The van der Waals surface area contributed by atoms with Gasteiger partial charge in [-0.05, 0) is 17.8 Å². The molecule has 0 aliphatic rings. The molecule has 0 aromatic heterocycles. The Balaban J connectivity index is 2.31. The van der Waals surface area contributed by atoms with Crippen molar-refractivity contribution in [3.63, 3.8) is 0 Å². The van der Waals surface area contributed by atoms with Gasteiger partial charge >= 0.3 is 12.9 Å². The molecule has 108 valence electrons. The summed E-state index contributed by atoms with van der Waals surface area (Å²) in [6.07, 6.45) is 0. The van der Waals surface area contributed by atoms with Crippen molar-refractivity contribution >= 4 is 36.4 Å². The number of rotatable bonds is 5. The van der Waals surface area contributed by atoms with Gasteiger partial charge in [0.2, 0.25) is 0 Å². The van der Waals surface area contributed by atoms with Crippen molar-refractivity contribution in [3.8, 4) is 0 Å². The minimum atomic E-state index is -0.718. The molecule has 2 N–H and O–H groups in total. The van der Waals surface area contributed by atoms with Gasteiger partial charge in [0.25, 0.3) is 0 Å². The fraction of sp³-hybridized carbons (Fsp3) is 0.188. The SMILES string of the molecule is Cc1ccc(B(OC(=O)C(N)CS)c2ccccc2)cc1. The van der Waals surface area contributed by atoms with Crippen LogP contribution in [0.25, 0.3) is 0 Å². The third-order valence-corrected chi connectivity index (χ3v) is 3.61. The summed E-state index contributed by atoms with van der Waals surface area (Å²) in [7, 11) is 0. The second-order valence-corrected chi connectivity index (χ2v) is 5.29. The standard InChI is InChI=1S/C16H18BNO2S/c1-12-7-9-14(10-8-12)17(13-5-3-2-4-6-13)20-16(19)15(18)11-21/h2-10,15,21H,11,18H2,1H3. The largest absolute Gasteiger partial charge is 0.525 e. The minimum absolute atomic E-state index is 0.258. The number of nitrogens with two attached hydrogens (primary N) is 1. The molecule has 1 unspecified atom stereocenters. The second kappa shape index (κ2) is 7.34. The van der Waals surface area contributed by atoms with E-state index in [1.165, 1.54) is 0 Å². The summed E-state index contributed by atoms with van der Waals surface area (Å²) in [6.45, 7) is 1.56. The Morgan fingerprint density at radius 1 is 1.14 bits per heavy atom. The van der Waals surface area contributed by atoms with E-state index < -0.39 is 18.9 Å². The van der Waals surface area contributed by atoms with Crippen LogP contribution in [-0.4, -0.2) is 24.7 Å². The number of thiol groups is 1. The maximum atomic E-state index is 12.0. The van der Waals surface area contributed by atoms with Crippen LogP contribution in [0.4, 0.5) is 0 Å². The third-order valence-electron chi connectivity index (χ3n) is 3.22. The fourth-order valence-electron chi connectivity index (χ4n) is 1.98. The maximum absolute atomic E-state index is 12.0. The normalized spacial score (nSPS) is 11.8. The topological polar surface area (TPSA) is 52.3 Å². The molecule has 1 atom stereocenters. The fourth-order valence-corrected chi connectivity index (χ4v) is 2.12. The zero-order valence-electron chi connectivity index (χ0n) is 11.9. The number of aryl methyl sites for hydroxylation is 1. The van der Waals surface area contributed by atoms with E-state index in [1.54, 1.807) is 0 Å². The lowest BCUT2D eigenvalue weighted by atomic mass is 9.55. The van der Waals surface area contributed by atoms with E-state index in [0.717, 1.165) is 16.5 Å². The average molecular weight is 299 g/mol. The minimum Gasteiger partial charge on any atom is -0.525 e. The van der Waals surface area contributed by atoms with Gasteiger partial charge in [0, 0.05) is 5.75 Å². The summed E-state index contributed by atoms with van der Waals surface area (Å²) in [5, 5.41) is 0. The zero-order chi connectivity index (χ0) is 15.2. The Morgan fingerprint density at radius 3 is 2.29 bits per heavy atom. The molecule has 2 aromatic rings. The van der Waals surface area contributed by atoms with Crippen molar-refractivity contribution in [1.82, 2.24) is 0 Å². The molecule has 5 heteroatoms. The Bertz CT molecular complexity index is 589. The summed E-state index contributed by atoms with van der Waals surface area (Å²) in [4.78, 5) is 12.0. The molecule has 2 aromatic carbocycles. The highest BCUT2D eigenvalue weighted by Crippen LogP contribution is 2.00. The monoisotopic (exact) mass is 299 g/mol. The van der Waals surface area contributed by atoms with Gasteiger partial charge in [-0.3, -0.25) is 4.79 Å². The summed E-state index contributed by atoms with van der Waals surface area (Å²) in [5.41, 5.74) is 8.69. The van der Waals surface area contributed by atoms with Gasteiger partial charge in [0.1, 0.15) is 6.04 Å². The first-order chi connectivity index (χ1) is 10.1. The molecule has 21 heavy (non-hydrogen) atoms. The molecular weight excluding hydrogens is 281 g/mol. The molecule has 0 heterocycles. The van der Waals surface area contributed by atoms with Gasteiger partial charge in [0.05, 0.1) is 0 Å². The summed E-state index contributed by atoms with van der Waals surface area (Å²) >= 11 is 4.04. The molecule has 0 radical (unpaired) electrons. The second-order valence-electron chi connectivity index (χ2n) is 4.93. The summed E-state index contributed by atoms with van der Waals surface area (Å²) in [5.74, 6) is -0.187. The number of carbonyl (C=O) groups excluding carboxylic acids is 1. The molecule has 3 nitrogen and oxygen atoms in total. The van der Waals surface area contributed by atoms with Crippen LogP contribution in [0.5, 0.6) is 0 Å². The summed E-state index contributed by atoms with van der Waals surface area (Å²) in [6, 6.07) is 16.8. The highest BCUT2D eigenvalue weighted by Gasteiger charge is 2.27. The average Bonchev–Trinajstić information content (AvgIpc) is 2.53. The van der Waals surface area contributed by atoms with Crippen LogP contribution in [-0.2, 0) is 9.45 Å². The molecular formula is C16H18BNO2S. The van der Waals surface area contributed by atoms with Crippen molar-refractivity contribution < 1.29 is 9.45 Å². The first kappa shape index (κ1) is 15.7. The van der Waals surface area contributed by atoms with Crippen LogP contribution in [0.15, 0.2) is 54.6 Å². The van der Waals surface area contributed by atoms with Crippen LogP contribution in [0.3, 0.4) is 0 Å². The lowest BCUT2D eigenvalue weighted by Gasteiger charge is -2.17. The number of benzene rings is 2. The molecule has 0 fully saturated rings.